The number of ether oxygens (including phenoxy) is 1. The molecule has 1 aromatic carbocycles. The SMILES string of the molecule is C[C@@H](OCC(F)(F)F)C(=O)N[C@@H](c1ccccc1)c1ccccn1. The van der Waals surface area contributed by atoms with Gasteiger partial charge >= 0.3 is 6.18 Å². The molecule has 0 saturated heterocycles. The van der Waals surface area contributed by atoms with Gasteiger partial charge in [0.2, 0.25) is 5.91 Å². The minimum absolute atomic E-state index is 0.572. The van der Waals surface area contributed by atoms with Crippen molar-refractivity contribution in [1.29, 1.82) is 0 Å². The van der Waals surface area contributed by atoms with E-state index in [9.17, 15) is 18.0 Å². The van der Waals surface area contributed by atoms with Gasteiger partial charge in [0.25, 0.3) is 0 Å². The zero-order valence-electron chi connectivity index (χ0n) is 13.0. The maximum absolute atomic E-state index is 12.2. The van der Waals surface area contributed by atoms with Crippen molar-refractivity contribution in [1.82, 2.24) is 10.3 Å². The van der Waals surface area contributed by atoms with Gasteiger partial charge in [-0.15, -0.1) is 0 Å². The average molecular weight is 338 g/mol. The van der Waals surface area contributed by atoms with Crippen LogP contribution in [-0.4, -0.2) is 29.8 Å². The lowest BCUT2D eigenvalue weighted by molar-refractivity contribution is -0.185. The molecule has 0 aliphatic rings. The number of amides is 1. The van der Waals surface area contributed by atoms with Crippen molar-refractivity contribution in [3.8, 4) is 0 Å². The summed E-state index contributed by atoms with van der Waals surface area (Å²) in [6, 6.07) is 13.7. The molecule has 0 radical (unpaired) electrons. The lowest BCUT2D eigenvalue weighted by Crippen LogP contribution is -2.39. The highest BCUT2D eigenvalue weighted by Gasteiger charge is 2.30. The van der Waals surface area contributed by atoms with Crippen LogP contribution in [0.4, 0.5) is 13.2 Å². The van der Waals surface area contributed by atoms with Crippen molar-refractivity contribution in [2.75, 3.05) is 6.61 Å². The molecule has 2 atom stereocenters. The van der Waals surface area contributed by atoms with Gasteiger partial charge in [0.1, 0.15) is 12.7 Å². The molecular formula is C17H17F3N2O2. The van der Waals surface area contributed by atoms with Crippen molar-refractivity contribution in [3.05, 3.63) is 66.0 Å². The fraction of sp³-hybridized carbons (Fsp3) is 0.294. The normalized spacial score (nSPS) is 14.0. The second-order valence-electron chi connectivity index (χ2n) is 5.18. The van der Waals surface area contributed by atoms with Crippen LogP contribution in [0.2, 0.25) is 0 Å². The topological polar surface area (TPSA) is 51.2 Å². The molecule has 2 rings (SSSR count). The van der Waals surface area contributed by atoms with Crippen molar-refractivity contribution in [2.24, 2.45) is 0 Å². The lowest BCUT2D eigenvalue weighted by Gasteiger charge is -2.21. The number of nitrogens with zero attached hydrogens (tertiary/aromatic N) is 1. The predicted octanol–water partition coefficient (Wildman–Crippen LogP) is 3.25. The first-order chi connectivity index (χ1) is 11.4. The van der Waals surface area contributed by atoms with Gasteiger partial charge in [-0.3, -0.25) is 9.78 Å². The second kappa shape index (κ2) is 7.92. The predicted molar refractivity (Wildman–Crippen MR) is 82.1 cm³/mol. The summed E-state index contributed by atoms with van der Waals surface area (Å²) in [5.74, 6) is -0.640. The Hall–Kier alpha value is -2.41. The van der Waals surface area contributed by atoms with E-state index in [0.717, 1.165) is 5.56 Å². The highest BCUT2D eigenvalue weighted by Crippen LogP contribution is 2.21. The smallest absolute Gasteiger partial charge is 0.359 e. The first-order valence-electron chi connectivity index (χ1n) is 7.31. The molecule has 0 spiro atoms. The molecule has 4 nitrogen and oxygen atoms in total. The molecule has 0 saturated carbocycles. The lowest BCUT2D eigenvalue weighted by atomic mass is 10.0. The van der Waals surface area contributed by atoms with Gasteiger partial charge in [-0.05, 0) is 24.6 Å². The second-order valence-corrected chi connectivity index (χ2v) is 5.18. The first kappa shape index (κ1) is 17.9. The van der Waals surface area contributed by atoms with Gasteiger partial charge in [-0.25, -0.2) is 0 Å². The number of halogens is 3. The summed E-state index contributed by atoms with van der Waals surface area (Å²) in [6.07, 6.45) is -4.13. The van der Waals surface area contributed by atoms with E-state index in [1.807, 2.05) is 6.07 Å². The molecule has 1 aromatic heterocycles. The summed E-state index contributed by atoms with van der Waals surface area (Å²) in [6.45, 7) is -0.192. The molecule has 0 aliphatic heterocycles. The van der Waals surface area contributed by atoms with Gasteiger partial charge in [0.15, 0.2) is 0 Å². The zero-order chi connectivity index (χ0) is 17.6. The maximum atomic E-state index is 12.2. The van der Waals surface area contributed by atoms with E-state index in [-0.39, 0.29) is 0 Å². The quantitative estimate of drug-likeness (QED) is 0.880. The third-order valence-electron chi connectivity index (χ3n) is 3.27. The van der Waals surface area contributed by atoms with Crippen LogP contribution in [0.5, 0.6) is 0 Å². The summed E-state index contributed by atoms with van der Waals surface area (Å²) in [4.78, 5) is 16.4. The molecule has 2 aromatic rings. The van der Waals surface area contributed by atoms with E-state index in [0.29, 0.717) is 5.69 Å². The number of alkyl halides is 3. The minimum atomic E-state index is -4.48. The summed E-state index contributed by atoms with van der Waals surface area (Å²) < 4.78 is 41.2. The molecule has 128 valence electrons. The summed E-state index contributed by atoms with van der Waals surface area (Å²) >= 11 is 0. The molecule has 0 fully saturated rings. The van der Waals surface area contributed by atoms with Crippen LogP contribution in [0, 0.1) is 0 Å². The van der Waals surface area contributed by atoms with Crippen LogP contribution in [0.1, 0.15) is 24.2 Å². The number of rotatable bonds is 6. The van der Waals surface area contributed by atoms with Crippen molar-refractivity contribution in [3.63, 3.8) is 0 Å². The standard InChI is InChI=1S/C17H17F3N2O2/c1-12(24-11-17(18,19)20)16(23)22-15(13-7-3-2-4-8-13)14-9-5-6-10-21-14/h2-10,12,15H,11H2,1H3,(H,22,23)/t12-,15+/m1/s1. The van der Waals surface area contributed by atoms with Crippen LogP contribution >= 0.6 is 0 Å². The van der Waals surface area contributed by atoms with Crippen LogP contribution < -0.4 is 5.32 Å². The molecular weight excluding hydrogens is 321 g/mol. The Bertz CT molecular complexity index is 608. The summed E-state index contributed by atoms with van der Waals surface area (Å²) in [5, 5.41) is 2.69. The molecule has 1 N–H and O–H groups in total. The van der Waals surface area contributed by atoms with Crippen LogP contribution in [0.25, 0.3) is 0 Å². The highest BCUT2D eigenvalue weighted by atomic mass is 19.4. The number of pyridine rings is 1. The fourth-order valence-electron chi connectivity index (χ4n) is 2.08. The molecule has 7 heteroatoms. The number of nitrogens with one attached hydrogen (secondary N) is 1. The van der Waals surface area contributed by atoms with E-state index in [1.165, 1.54) is 6.92 Å². The Morgan fingerprint density at radius 2 is 1.83 bits per heavy atom. The molecule has 0 unspecified atom stereocenters. The van der Waals surface area contributed by atoms with Crippen LogP contribution in [-0.2, 0) is 9.53 Å². The number of carbonyl (C=O) groups excluding carboxylic acids is 1. The molecule has 1 heterocycles. The minimum Gasteiger partial charge on any atom is -0.359 e. The van der Waals surface area contributed by atoms with E-state index in [1.54, 1.807) is 48.7 Å². The number of aromatic nitrogens is 1. The Morgan fingerprint density at radius 3 is 2.42 bits per heavy atom. The Morgan fingerprint density at radius 1 is 1.17 bits per heavy atom. The third kappa shape index (κ3) is 5.34. The van der Waals surface area contributed by atoms with E-state index < -0.39 is 30.8 Å². The number of carbonyl (C=O) groups is 1. The van der Waals surface area contributed by atoms with E-state index in [4.69, 9.17) is 0 Å². The number of hydrogen-bond acceptors (Lipinski definition) is 3. The van der Waals surface area contributed by atoms with E-state index in [2.05, 4.69) is 15.0 Å². The van der Waals surface area contributed by atoms with Gasteiger partial charge in [-0.2, -0.15) is 13.2 Å². The fourth-order valence-corrected chi connectivity index (χ4v) is 2.08. The van der Waals surface area contributed by atoms with Gasteiger partial charge in [-0.1, -0.05) is 36.4 Å². The maximum Gasteiger partial charge on any atom is 0.411 e. The van der Waals surface area contributed by atoms with Crippen LogP contribution in [0.3, 0.4) is 0 Å². The van der Waals surface area contributed by atoms with Gasteiger partial charge in [0.05, 0.1) is 11.7 Å². The molecule has 0 aliphatic carbocycles. The zero-order valence-corrected chi connectivity index (χ0v) is 13.0. The molecule has 24 heavy (non-hydrogen) atoms. The number of benzene rings is 1. The summed E-state index contributed by atoms with van der Waals surface area (Å²) in [5.41, 5.74) is 1.35. The molecule has 1 amide bonds. The van der Waals surface area contributed by atoms with E-state index >= 15 is 0 Å². The van der Waals surface area contributed by atoms with Crippen LogP contribution in [0.15, 0.2) is 54.7 Å². The Balaban J connectivity index is 2.13. The Kier molecular flexibility index (Phi) is 5.92. The summed E-state index contributed by atoms with van der Waals surface area (Å²) in [7, 11) is 0. The third-order valence-corrected chi connectivity index (χ3v) is 3.27. The first-order valence-corrected chi connectivity index (χ1v) is 7.31. The molecule has 0 bridgehead atoms. The van der Waals surface area contributed by atoms with Crippen molar-refractivity contribution in [2.45, 2.75) is 25.2 Å². The number of hydrogen-bond donors (Lipinski definition) is 1. The largest absolute Gasteiger partial charge is 0.411 e. The van der Waals surface area contributed by atoms with Crippen molar-refractivity contribution < 1.29 is 22.7 Å². The van der Waals surface area contributed by atoms with Crippen molar-refractivity contribution >= 4 is 5.91 Å². The highest BCUT2D eigenvalue weighted by molar-refractivity contribution is 5.81. The monoisotopic (exact) mass is 338 g/mol. The average Bonchev–Trinajstić information content (AvgIpc) is 2.58. The van der Waals surface area contributed by atoms with Gasteiger partial charge < -0.3 is 10.1 Å². The van der Waals surface area contributed by atoms with Gasteiger partial charge in [0, 0.05) is 6.20 Å². The Labute approximate surface area is 137 Å².